The van der Waals surface area contributed by atoms with Crippen molar-refractivity contribution in [3.8, 4) is 22.8 Å². The Hall–Kier alpha value is -4.04. The lowest BCUT2D eigenvalue weighted by molar-refractivity contribution is -0.0167. The van der Waals surface area contributed by atoms with Crippen molar-refractivity contribution in [3.63, 3.8) is 0 Å². The zero-order valence-electron chi connectivity index (χ0n) is 30.7. The minimum absolute atomic E-state index is 0.363. The number of methoxy groups -OCH3 is 2. The van der Waals surface area contributed by atoms with Gasteiger partial charge in [-0.05, 0) is 18.2 Å². The maximum absolute atomic E-state index is 5.97. The molecule has 0 unspecified atom stereocenters. The Morgan fingerprint density at radius 2 is 1.23 bits per heavy atom. The molecule has 0 aliphatic carbocycles. The number of benzene rings is 2. The highest BCUT2D eigenvalue weighted by Gasteiger charge is 2.14. The zero-order chi connectivity index (χ0) is 37.2. The Kier molecular flexibility index (Phi) is 20.3. The molecule has 0 saturated carbocycles. The van der Waals surface area contributed by atoms with Gasteiger partial charge >= 0.3 is 0 Å². The third-order valence-electron chi connectivity index (χ3n) is 7.34. The summed E-state index contributed by atoms with van der Waals surface area (Å²) < 4.78 is 56.8. The Balaban J connectivity index is 1.14. The maximum Gasteiger partial charge on any atom is 0.163 e. The molecule has 2 aromatic carbocycles. The molecule has 17 nitrogen and oxygen atoms in total. The summed E-state index contributed by atoms with van der Waals surface area (Å²) in [6.45, 7) is 8.74. The van der Waals surface area contributed by atoms with E-state index >= 15 is 0 Å². The highest BCUT2D eigenvalue weighted by molar-refractivity contribution is 5.93. The van der Waals surface area contributed by atoms with Crippen LogP contribution in [0.15, 0.2) is 48.9 Å². The zero-order valence-corrected chi connectivity index (χ0v) is 30.7. The molecule has 2 aromatic heterocycles. The molecule has 53 heavy (non-hydrogen) atoms. The van der Waals surface area contributed by atoms with E-state index in [4.69, 9.17) is 53.1 Å². The molecule has 292 valence electrons. The van der Waals surface area contributed by atoms with Crippen LogP contribution in [0, 0.1) is 0 Å². The first-order valence-electron chi connectivity index (χ1n) is 17.7. The van der Waals surface area contributed by atoms with Crippen molar-refractivity contribution in [1.82, 2.24) is 25.0 Å². The molecule has 0 spiro atoms. The molecule has 4 aromatic rings. The quantitative estimate of drug-likeness (QED) is 0.0716. The van der Waals surface area contributed by atoms with E-state index in [1.165, 1.54) is 6.33 Å². The molecule has 0 atom stereocenters. The fourth-order valence-corrected chi connectivity index (χ4v) is 4.74. The Labute approximate surface area is 310 Å². The van der Waals surface area contributed by atoms with Crippen LogP contribution in [0.5, 0.6) is 11.5 Å². The number of nitrogens with zero attached hydrogens (tertiary/aromatic N) is 5. The van der Waals surface area contributed by atoms with Gasteiger partial charge in [-0.1, -0.05) is 17.3 Å². The number of aromatic nitrogens is 5. The predicted octanol–water partition coefficient (Wildman–Crippen LogP) is 2.74. The van der Waals surface area contributed by atoms with E-state index in [9.17, 15) is 0 Å². The second-order valence-electron chi connectivity index (χ2n) is 11.3. The third kappa shape index (κ3) is 15.8. The molecule has 4 rings (SSSR count). The van der Waals surface area contributed by atoms with E-state index in [0.717, 1.165) is 22.3 Å². The summed E-state index contributed by atoms with van der Waals surface area (Å²) in [5.74, 6) is 1.75. The minimum atomic E-state index is 0.363. The van der Waals surface area contributed by atoms with Crippen LogP contribution in [0.1, 0.15) is 0 Å². The smallest absolute Gasteiger partial charge is 0.163 e. The molecule has 0 bridgehead atoms. The monoisotopic (exact) mass is 743 g/mol. The lowest BCUT2D eigenvalue weighted by Crippen LogP contribution is -2.15. The van der Waals surface area contributed by atoms with E-state index in [1.54, 1.807) is 18.9 Å². The Morgan fingerprint density at radius 3 is 1.83 bits per heavy atom. The van der Waals surface area contributed by atoms with Crippen LogP contribution in [0.25, 0.3) is 22.2 Å². The minimum Gasteiger partial charge on any atom is -0.487 e. The van der Waals surface area contributed by atoms with Crippen molar-refractivity contribution in [2.24, 2.45) is 5.73 Å². The van der Waals surface area contributed by atoms with Crippen LogP contribution in [-0.4, -0.2) is 151 Å². The van der Waals surface area contributed by atoms with E-state index in [2.05, 4.69) is 25.6 Å². The third-order valence-corrected chi connectivity index (χ3v) is 7.34. The number of hydrogen-bond acceptors (Lipinski definition) is 16. The van der Waals surface area contributed by atoms with E-state index < -0.39 is 0 Å². The molecule has 0 aliphatic rings. The lowest BCUT2D eigenvalue weighted by Gasteiger charge is -2.15. The van der Waals surface area contributed by atoms with Gasteiger partial charge in [0.1, 0.15) is 31.1 Å². The first-order chi connectivity index (χ1) is 26.2. The lowest BCUT2D eigenvalue weighted by atomic mass is 10.1. The first-order valence-corrected chi connectivity index (χ1v) is 17.7. The summed E-state index contributed by atoms with van der Waals surface area (Å²) >= 11 is 0. The van der Waals surface area contributed by atoms with Crippen LogP contribution >= 0.6 is 0 Å². The van der Waals surface area contributed by atoms with Crippen LogP contribution in [0.2, 0.25) is 0 Å². The molecular weight excluding hydrogens is 690 g/mol. The summed E-state index contributed by atoms with van der Waals surface area (Å²) in [6, 6.07) is 11.6. The summed E-state index contributed by atoms with van der Waals surface area (Å²) in [7, 11) is 3.25. The number of fused-ring (bicyclic) bond motifs is 1. The number of rotatable bonds is 31. The molecule has 0 aliphatic heterocycles. The van der Waals surface area contributed by atoms with Gasteiger partial charge in [-0.15, -0.1) is 5.10 Å². The summed E-state index contributed by atoms with van der Waals surface area (Å²) in [4.78, 5) is 8.97. The molecule has 0 fully saturated rings. The molecule has 17 heteroatoms. The SMILES string of the molecule is COCCOc1cc2ncnc(Nc3cccc(-c4cn(CCOCCOCCOCCOCCOCCOCCN)nn4)c3)c2cc1OCCOC. The average Bonchev–Trinajstić information content (AvgIpc) is 3.65. The fraction of sp³-hybridized carbons (Fsp3) is 0.556. The van der Waals surface area contributed by atoms with Crippen molar-refractivity contribution in [3.05, 3.63) is 48.9 Å². The van der Waals surface area contributed by atoms with E-state index in [0.29, 0.717) is 142 Å². The maximum atomic E-state index is 5.97. The van der Waals surface area contributed by atoms with Crippen molar-refractivity contribution >= 4 is 22.4 Å². The Morgan fingerprint density at radius 1 is 0.642 bits per heavy atom. The largest absolute Gasteiger partial charge is 0.487 e. The molecule has 2 heterocycles. The van der Waals surface area contributed by atoms with Gasteiger partial charge in [-0.3, -0.25) is 0 Å². The number of nitrogens with two attached hydrogens (primary N) is 1. The average molecular weight is 744 g/mol. The van der Waals surface area contributed by atoms with E-state index in [1.807, 2.05) is 42.6 Å². The molecule has 0 saturated heterocycles. The molecule has 0 radical (unpaired) electrons. The number of hydrogen-bond donors (Lipinski definition) is 2. The van der Waals surface area contributed by atoms with Gasteiger partial charge in [-0.25, -0.2) is 14.6 Å². The summed E-state index contributed by atoms with van der Waals surface area (Å²) in [5.41, 5.74) is 8.51. The van der Waals surface area contributed by atoms with Crippen LogP contribution in [0.3, 0.4) is 0 Å². The number of ether oxygens (including phenoxy) is 10. The van der Waals surface area contributed by atoms with Crippen LogP contribution in [-0.2, 0) is 44.4 Å². The number of nitrogens with one attached hydrogen (secondary N) is 1. The molecular formula is C36H53N7O10. The topological polar surface area (TPSA) is 187 Å². The second kappa shape index (κ2) is 25.9. The normalized spacial score (nSPS) is 11.4. The first kappa shape index (κ1) is 41.7. The summed E-state index contributed by atoms with van der Waals surface area (Å²) in [5, 5.41) is 12.8. The molecule has 3 N–H and O–H groups in total. The van der Waals surface area contributed by atoms with Crippen LogP contribution < -0.4 is 20.5 Å². The van der Waals surface area contributed by atoms with Gasteiger partial charge in [0.05, 0.1) is 111 Å². The highest BCUT2D eigenvalue weighted by atomic mass is 16.6. The predicted molar refractivity (Wildman–Crippen MR) is 197 cm³/mol. The standard InChI is InChI=1S/C36H53N7O10/c1-44-10-22-52-34-25-31-32(26-35(34)53-23-11-45-2)38-28-39-36(31)40-30-5-3-4-29(24-30)33-27-43(42-41-33)7-9-47-13-15-49-17-19-51-21-20-50-18-16-48-14-12-46-8-6-37/h3-5,24-28H,6-23,37H2,1-2H3,(H,38,39,40). The van der Waals surface area contributed by atoms with Crippen molar-refractivity contribution in [2.45, 2.75) is 6.54 Å². The number of anilines is 2. The fourth-order valence-electron chi connectivity index (χ4n) is 4.74. The van der Waals surface area contributed by atoms with Crippen molar-refractivity contribution in [2.75, 3.05) is 132 Å². The molecule has 0 amide bonds. The van der Waals surface area contributed by atoms with Gasteiger partial charge < -0.3 is 58.4 Å². The highest BCUT2D eigenvalue weighted by Crippen LogP contribution is 2.35. The van der Waals surface area contributed by atoms with Gasteiger partial charge in [0, 0.05) is 43.5 Å². The van der Waals surface area contributed by atoms with Crippen molar-refractivity contribution < 1.29 is 47.4 Å². The Bertz CT molecular complexity index is 1560. The van der Waals surface area contributed by atoms with Gasteiger partial charge in [0.25, 0.3) is 0 Å². The van der Waals surface area contributed by atoms with Gasteiger partial charge in [0.2, 0.25) is 0 Å². The van der Waals surface area contributed by atoms with Gasteiger partial charge in [0.15, 0.2) is 11.5 Å². The van der Waals surface area contributed by atoms with E-state index in [-0.39, 0.29) is 0 Å². The van der Waals surface area contributed by atoms with Crippen molar-refractivity contribution in [1.29, 1.82) is 0 Å². The second-order valence-corrected chi connectivity index (χ2v) is 11.3. The summed E-state index contributed by atoms with van der Waals surface area (Å²) in [6.07, 6.45) is 3.40. The van der Waals surface area contributed by atoms with Gasteiger partial charge in [-0.2, -0.15) is 0 Å². The van der Waals surface area contributed by atoms with Crippen LogP contribution in [0.4, 0.5) is 11.5 Å².